The third kappa shape index (κ3) is 5.77. The predicted molar refractivity (Wildman–Crippen MR) is 174 cm³/mol. The summed E-state index contributed by atoms with van der Waals surface area (Å²) in [6.45, 7) is 14.5. The first-order chi connectivity index (χ1) is 20.3. The molecule has 3 aromatic heterocycles. The molecule has 1 fully saturated rings. The SMILES string of the molecule is CC(C)CCN(CCC(C)C)C(=O)c1ccc2c(c1)n(CCCN1CCCCC1)c1nc3sc4c(c3c(=O)n21)CCC4. The van der Waals surface area contributed by atoms with Gasteiger partial charge in [-0.25, -0.2) is 9.38 Å². The highest BCUT2D eigenvalue weighted by molar-refractivity contribution is 7.18. The maximum atomic E-state index is 14.1. The van der Waals surface area contributed by atoms with Crippen molar-refractivity contribution in [3.8, 4) is 0 Å². The molecular formula is C34H47N5O2S. The number of carbonyl (C=O) groups excluding carboxylic acids is 1. The van der Waals surface area contributed by atoms with Crippen molar-refractivity contribution in [2.75, 3.05) is 32.7 Å². The Balaban J connectivity index is 1.42. The number of amides is 1. The van der Waals surface area contributed by atoms with E-state index in [0.29, 0.717) is 23.2 Å². The minimum atomic E-state index is 0.0451. The number of piperidine rings is 1. The Labute approximate surface area is 253 Å². The van der Waals surface area contributed by atoms with Crippen LogP contribution in [0.5, 0.6) is 0 Å². The van der Waals surface area contributed by atoms with Gasteiger partial charge in [0.15, 0.2) is 0 Å². The second-order valence-corrected chi connectivity index (χ2v) is 14.4. The summed E-state index contributed by atoms with van der Waals surface area (Å²) in [5.74, 6) is 1.87. The molecule has 0 spiro atoms. The van der Waals surface area contributed by atoms with Crippen molar-refractivity contribution in [2.45, 2.75) is 92.0 Å². The molecule has 0 saturated carbocycles. The van der Waals surface area contributed by atoms with E-state index in [4.69, 9.17) is 4.98 Å². The van der Waals surface area contributed by atoms with E-state index in [2.05, 4.69) is 37.2 Å². The van der Waals surface area contributed by atoms with Crippen LogP contribution in [0.4, 0.5) is 0 Å². The zero-order valence-corrected chi connectivity index (χ0v) is 26.8. The van der Waals surface area contributed by atoms with Crippen LogP contribution in [0.3, 0.4) is 0 Å². The molecule has 1 amide bonds. The van der Waals surface area contributed by atoms with Crippen molar-refractivity contribution in [3.05, 3.63) is 44.6 Å². The highest BCUT2D eigenvalue weighted by Crippen LogP contribution is 2.35. The third-order valence-corrected chi connectivity index (χ3v) is 10.4. The van der Waals surface area contributed by atoms with E-state index in [0.717, 1.165) is 86.0 Å². The molecule has 0 N–H and O–H groups in total. The number of aromatic nitrogens is 3. The van der Waals surface area contributed by atoms with E-state index in [1.165, 1.54) is 42.8 Å². The lowest BCUT2D eigenvalue weighted by molar-refractivity contribution is 0.0741. The molecule has 1 saturated heterocycles. The summed E-state index contributed by atoms with van der Waals surface area (Å²) in [6.07, 6.45) is 10.00. The van der Waals surface area contributed by atoms with Crippen LogP contribution >= 0.6 is 11.3 Å². The number of fused-ring (bicyclic) bond motifs is 6. The van der Waals surface area contributed by atoms with Gasteiger partial charge in [0.1, 0.15) is 4.83 Å². The van der Waals surface area contributed by atoms with Gasteiger partial charge in [-0.15, -0.1) is 11.3 Å². The van der Waals surface area contributed by atoms with Crippen LogP contribution in [0.1, 0.15) is 93.4 Å². The van der Waals surface area contributed by atoms with E-state index in [-0.39, 0.29) is 11.5 Å². The minimum Gasteiger partial charge on any atom is -0.339 e. The average Bonchev–Trinajstić information content (AvgIpc) is 3.65. The Morgan fingerprint density at radius 3 is 2.40 bits per heavy atom. The number of thiophene rings is 1. The summed E-state index contributed by atoms with van der Waals surface area (Å²) in [7, 11) is 0. The second-order valence-electron chi connectivity index (χ2n) is 13.4. The summed E-state index contributed by atoms with van der Waals surface area (Å²) >= 11 is 1.70. The lowest BCUT2D eigenvalue weighted by Gasteiger charge is -2.26. The van der Waals surface area contributed by atoms with Crippen LogP contribution in [-0.2, 0) is 19.4 Å². The molecular weight excluding hydrogens is 542 g/mol. The van der Waals surface area contributed by atoms with Crippen LogP contribution in [0.25, 0.3) is 27.0 Å². The molecule has 1 aliphatic carbocycles. The lowest BCUT2D eigenvalue weighted by atomic mass is 10.1. The van der Waals surface area contributed by atoms with Crippen molar-refractivity contribution in [1.29, 1.82) is 0 Å². The Morgan fingerprint density at radius 1 is 0.952 bits per heavy atom. The standard InChI is InChI=1S/C34H47N5O2S/c1-23(2)14-20-37(21-15-24(3)4)32(40)25-12-13-27-28(22-25)38(19-9-18-36-16-6-5-7-17-36)34-35-31-30(33(41)39(27)34)26-10-8-11-29(26)42-31/h12-13,22-24H,5-11,14-21H2,1-4H3. The Morgan fingerprint density at radius 2 is 1.69 bits per heavy atom. The number of hydrogen-bond acceptors (Lipinski definition) is 5. The monoisotopic (exact) mass is 589 g/mol. The lowest BCUT2D eigenvalue weighted by Crippen LogP contribution is -2.34. The smallest absolute Gasteiger partial charge is 0.268 e. The van der Waals surface area contributed by atoms with E-state index < -0.39 is 0 Å². The van der Waals surface area contributed by atoms with Gasteiger partial charge >= 0.3 is 0 Å². The molecule has 4 aromatic rings. The van der Waals surface area contributed by atoms with Crippen LogP contribution in [0.15, 0.2) is 23.0 Å². The van der Waals surface area contributed by atoms with Gasteiger partial charge < -0.3 is 14.4 Å². The quantitative estimate of drug-likeness (QED) is 0.194. The first-order valence-electron chi connectivity index (χ1n) is 16.3. The zero-order valence-electron chi connectivity index (χ0n) is 26.0. The van der Waals surface area contributed by atoms with E-state index in [1.54, 1.807) is 11.3 Å². The third-order valence-electron chi connectivity index (χ3n) is 9.26. The fourth-order valence-electron chi connectivity index (χ4n) is 6.78. The van der Waals surface area contributed by atoms with Crippen molar-refractivity contribution in [3.63, 3.8) is 0 Å². The molecule has 0 bridgehead atoms. The van der Waals surface area contributed by atoms with E-state index in [1.807, 2.05) is 27.5 Å². The maximum absolute atomic E-state index is 14.1. The fraction of sp³-hybridized carbons (Fsp3) is 0.618. The first-order valence-corrected chi connectivity index (χ1v) is 17.1. The van der Waals surface area contributed by atoms with E-state index in [9.17, 15) is 9.59 Å². The van der Waals surface area contributed by atoms with Crippen molar-refractivity contribution >= 4 is 44.3 Å². The molecule has 2 aliphatic rings. The van der Waals surface area contributed by atoms with Crippen molar-refractivity contribution in [1.82, 2.24) is 23.8 Å². The van der Waals surface area contributed by atoms with E-state index >= 15 is 0 Å². The Bertz CT molecular complexity index is 1630. The van der Waals surface area contributed by atoms with Crippen molar-refractivity contribution in [2.24, 2.45) is 11.8 Å². The molecule has 0 atom stereocenters. The number of rotatable bonds is 11. The summed E-state index contributed by atoms with van der Waals surface area (Å²) in [4.78, 5) is 40.0. The number of likely N-dealkylation sites (tertiary alicyclic amines) is 1. The first kappa shape index (κ1) is 29.4. The Hall–Kier alpha value is -2.71. The summed E-state index contributed by atoms with van der Waals surface area (Å²) in [5.41, 5.74) is 3.75. The molecule has 6 rings (SSSR count). The van der Waals surface area contributed by atoms with Gasteiger partial charge in [-0.05, 0) is 107 Å². The molecule has 7 nitrogen and oxygen atoms in total. The largest absolute Gasteiger partial charge is 0.339 e. The summed E-state index contributed by atoms with van der Waals surface area (Å²) in [6, 6.07) is 5.94. The predicted octanol–water partition coefficient (Wildman–Crippen LogP) is 6.76. The number of benzene rings is 1. The Kier molecular flexibility index (Phi) is 8.73. The fourth-order valence-corrected chi connectivity index (χ4v) is 8.03. The van der Waals surface area contributed by atoms with Crippen molar-refractivity contribution < 1.29 is 4.79 Å². The molecule has 1 aliphatic heterocycles. The van der Waals surface area contributed by atoms with Crippen LogP contribution in [0, 0.1) is 11.8 Å². The van der Waals surface area contributed by atoms with Gasteiger partial charge in [0.2, 0.25) is 5.78 Å². The number of nitrogens with zero attached hydrogens (tertiary/aromatic N) is 5. The van der Waals surface area contributed by atoms with Gasteiger partial charge in [0.05, 0.1) is 16.4 Å². The molecule has 226 valence electrons. The van der Waals surface area contributed by atoms with Gasteiger partial charge in [0, 0.05) is 30.1 Å². The van der Waals surface area contributed by atoms with Gasteiger partial charge in [-0.3, -0.25) is 9.59 Å². The van der Waals surface area contributed by atoms with Gasteiger partial charge in [0.25, 0.3) is 11.5 Å². The molecule has 42 heavy (non-hydrogen) atoms. The topological polar surface area (TPSA) is 62.9 Å². The number of hydrogen-bond donors (Lipinski definition) is 0. The zero-order chi connectivity index (χ0) is 29.4. The van der Waals surface area contributed by atoms with Crippen LogP contribution in [0.2, 0.25) is 0 Å². The highest BCUT2D eigenvalue weighted by Gasteiger charge is 2.25. The second kappa shape index (κ2) is 12.5. The molecule has 0 radical (unpaired) electrons. The normalized spacial score (nSPS) is 16.0. The number of aryl methyl sites for hydroxylation is 3. The summed E-state index contributed by atoms with van der Waals surface area (Å²) < 4.78 is 4.04. The number of carbonyl (C=O) groups is 1. The van der Waals surface area contributed by atoms with Gasteiger partial charge in [-0.2, -0.15) is 0 Å². The van der Waals surface area contributed by atoms with Crippen LogP contribution < -0.4 is 5.56 Å². The van der Waals surface area contributed by atoms with Crippen LogP contribution in [-0.4, -0.2) is 62.4 Å². The summed E-state index contributed by atoms with van der Waals surface area (Å²) in [5, 5.41) is 0.811. The molecule has 4 heterocycles. The minimum absolute atomic E-state index is 0.0451. The maximum Gasteiger partial charge on any atom is 0.268 e. The molecule has 1 aromatic carbocycles. The number of imidazole rings is 1. The highest BCUT2D eigenvalue weighted by atomic mass is 32.1. The average molecular weight is 590 g/mol. The molecule has 8 heteroatoms. The van der Waals surface area contributed by atoms with Gasteiger partial charge in [-0.1, -0.05) is 34.1 Å². The molecule has 0 unspecified atom stereocenters.